The molecular weight excluding hydrogens is 585 g/mol. The summed E-state index contributed by atoms with van der Waals surface area (Å²) in [7, 11) is -2.77. The van der Waals surface area contributed by atoms with Crippen LogP contribution < -0.4 is 14.4 Å². The molecule has 41 heavy (non-hydrogen) atoms. The van der Waals surface area contributed by atoms with Crippen LogP contribution in [0.4, 0.5) is 5.69 Å². The Morgan fingerprint density at radius 2 is 1.66 bits per heavy atom. The smallest absolute Gasteiger partial charge is 0.264 e. The molecule has 0 aliphatic carbocycles. The van der Waals surface area contributed by atoms with E-state index in [1.54, 1.807) is 43.3 Å². The monoisotopic (exact) mass is 619 g/mol. The Labute approximate surface area is 252 Å². The second-order valence-corrected chi connectivity index (χ2v) is 12.8. The third kappa shape index (κ3) is 8.38. The Balaban J connectivity index is 2.05. The quantitative estimate of drug-likeness (QED) is 0.281. The minimum Gasteiger partial charge on any atom is -0.495 e. The molecule has 3 aromatic carbocycles. The van der Waals surface area contributed by atoms with Crippen molar-refractivity contribution in [1.29, 1.82) is 0 Å². The number of hydrogen-bond donors (Lipinski definition) is 1. The molecule has 8 nitrogen and oxygen atoms in total. The molecule has 0 saturated carbocycles. The van der Waals surface area contributed by atoms with Crippen LogP contribution in [0.1, 0.15) is 31.9 Å². The van der Waals surface area contributed by atoms with E-state index in [2.05, 4.69) is 5.32 Å². The fourth-order valence-electron chi connectivity index (χ4n) is 4.04. The van der Waals surface area contributed by atoms with Crippen LogP contribution in [-0.4, -0.2) is 51.4 Å². The Morgan fingerprint density at radius 1 is 0.976 bits per heavy atom. The molecule has 1 N–H and O–H groups in total. The molecular formula is C30H35Cl2N3O5S. The van der Waals surface area contributed by atoms with Crippen LogP contribution in [0.5, 0.6) is 5.75 Å². The van der Waals surface area contributed by atoms with Crippen molar-refractivity contribution in [3.8, 4) is 5.75 Å². The summed E-state index contributed by atoms with van der Waals surface area (Å²) in [5.41, 5.74) is 1.74. The SMILES string of the molecule is COc1ccc(N(CC(=O)N(Cc2cccc(Cl)c2)C(C)C(=O)NCC(C)C)S(=O)(=O)c2ccc(C)cc2)cc1Cl. The molecule has 11 heteroatoms. The first-order valence-corrected chi connectivity index (χ1v) is 15.3. The van der Waals surface area contributed by atoms with Crippen LogP contribution in [0.2, 0.25) is 10.0 Å². The number of carbonyl (C=O) groups excluding carboxylic acids is 2. The van der Waals surface area contributed by atoms with Gasteiger partial charge < -0.3 is 15.0 Å². The van der Waals surface area contributed by atoms with Crippen LogP contribution in [0.25, 0.3) is 0 Å². The Bertz CT molecular complexity index is 1480. The van der Waals surface area contributed by atoms with Gasteiger partial charge in [0, 0.05) is 18.1 Å². The number of benzene rings is 3. The number of halogens is 2. The van der Waals surface area contributed by atoms with Crippen molar-refractivity contribution < 1.29 is 22.7 Å². The largest absolute Gasteiger partial charge is 0.495 e. The van der Waals surface area contributed by atoms with Crippen molar-refractivity contribution in [2.45, 2.75) is 45.2 Å². The number of ether oxygens (including phenoxy) is 1. The predicted octanol–water partition coefficient (Wildman–Crippen LogP) is 5.70. The standard InChI is InChI=1S/C30H35Cl2N3O5S/c1-20(2)17-33-30(37)22(4)34(18-23-7-6-8-24(31)15-23)29(36)19-35(25-11-14-28(40-5)27(32)16-25)41(38,39)26-12-9-21(3)10-13-26/h6-16,20,22H,17-19H2,1-5H3,(H,33,37). The Morgan fingerprint density at radius 3 is 2.24 bits per heavy atom. The lowest BCUT2D eigenvalue weighted by molar-refractivity contribution is -0.139. The molecule has 1 atom stereocenters. The summed E-state index contributed by atoms with van der Waals surface area (Å²) in [4.78, 5) is 28.4. The normalized spacial score (nSPS) is 12.1. The van der Waals surface area contributed by atoms with Gasteiger partial charge in [0.15, 0.2) is 0 Å². The number of methoxy groups -OCH3 is 1. The molecule has 3 aromatic rings. The molecule has 0 saturated heterocycles. The molecule has 0 heterocycles. The molecule has 0 fully saturated rings. The molecule has 0 spiro atoms. The van der Waals surface area contributed by atoms with Crippen molar-refractivity contribution in [3.05, 3.63) is 87.9 Å². The fraction of sp³-hybridized carbons (Fsp3) is 0.333. The lowest BCUT2D eigenvalue weighted by Gasteiger charge is -2.32. The van der Waals surface area contributed by atoms with Crippen molar-refractivity contribution in [3.63, 3.8) is 0 Å². The number of carbonyl (C=O) groups is 2. The van der Waals surface area contributed by atoms with E-state index >= 15 is 0 Å². The minimum atomic E-state index is -4.22. The third-order valence-electron chi connectivity index (χ3n) is 6.40. The first kappa shape index (κ1) is 32.2. The van der Waals surface area contributed by atoms with Gasteiger partial charge in [0.25, 0.3) is 10.0 Å². The molecule has 220 valence electrons. The zero-order chi connectivity index (χ0) is 30.3. The van der Waals surface area contributed by atoms with E-state index in [0.29, 0.717) is 22.9 Å². The maximum atomic E-state index is 14.0. The van der Waals surface area contributed by atoms with Crippen molar-refractivity contribution in [2.24, 2.45) is 5.92 Å². The molecule has 2 amide bonds. The minimum absolute atomic E-state index is 0.00644. The highest BCUT2D eigenvalue weighted by atomic mass is 35.5. The van der Waals surface area contributed by atoms with E-state index in [1.165, 1.54) is 42.3 Å². The summed E-state index contributed by atoms with van der Waals surface area (Å²) in [6.07, 6.45) is 0. The second-order valence-electron chi connectivity index (χ2n) is 10.1. The van der Waals surface area contributed by atoms with Crippen molar-refractivity contribution in [1.82, 2.24) is 10.2 Å². The summed E-state index contributed by atoms with van der Waals surface area (Å²) in [6, 6.07) is 16.9. The molecule has 0 aliphatic rings. The van der Waals surface area contributed by atoms with E-state index in [4.69, 9.17) is 27.9 Å². The Kier molecular flexibility index (Phi) is 11.1. The van der Waals surface area contributed by atoms with Crippen LogP contribution in [0.15, 0.2) is 71.6 Å². The van der Waals surface area contributed by atoms with Crippen LogP contribution in [0, 0.1) is 12.8 Å². The average molecular weight is 621 g/mol. The molecule has 0 aliphatic heterocycles. The third-order valence-corrected chi connectivity index (χ3v) is 8.72. The number of nitrogens with one attached hydrogen (secondary N) is 1. The summed E-state index contributed by atoms with van der Waals surface area (Å²) >= 11 is 12.5. The molecule has 1 unspecified atom stereocenters. The number of aryl methyl sites for hydroxylation is 1. The number of sulfonamides is 1. The van der Waals surface area contributed by atoms with Gasteiger partial charge in [-0.1, -0.05) is 66.9 Å². The van der Waals surface area contributed by atoms with Gasteiger partial charge in [-0.2, -0.15) is 0 Å². The molecule has 0 bridgehead atoms. The first-order valence-electron chi connectivity index (χ1n) is 13.1. The van der Waals surface area contributed by atoms with Gasteiger partial charge in [-0.25, -0.2) is 8.42 Å². The van der Waals surface area contributed by atoms with E-state index < -0.39 is 28.5 Å². The average Bonchev–Trinajstić information content (AvgIpc) is 2.93. The lowest BCUT2D eigenvalue weighted by Crippen LogP contribution is -2.51. The number of hydrogen-bond acceptors (Lipinski definition) is 5. The van der Waals surface area contributed by atoms with Gasteiger partial charge in [0.2, 0.25) is 11.8 Å². The summed E-state index contributed by atoms with van der Waals surface area (Å²) in [6.45, 7) is 7.28. The highest BCUT2D eigenvalue weighted by Gasteiger charge is 2.33. The Hall–Kier alpha value is -3.27. The number of rotatable bonds is 12. The maximum Gasteiger partial charge on any atom is 0.264 e. The van der Waals surface area contributed by atoms with Gasteiger partial charge in [-0.3, -0.25) is 13.9 Å². The highest BCUT2D eigenvalue weighted by Crippen LogP contribution is 2.32. The topological polar surface area (TPSA) is 96.0 Å². The van der Waals surface area contributed by atoms with Crippen molar-refractivity contribution >= 4 is 50.7 Å². The zero-order valence-electron chi connectivity index (χ0n) is 23.7. The maximum absolute atomic E-state index is 14.0. The van der Waals surface area contributed by atoms with Gasteiger partial charge in [0.05, 0.1) is 22.7 Å². The summed E-state index contributed by atoms with van der Waals surface area (Å²) in [5.74, 6) is -0.375. The molecule has 0 aromatic heterocycles. The van der Waals surface area contributed by atoms with Crippen molar-refractivity contribution in [2.75, 3.05) is 24.5 Å². The predicted molar refractivity (Wildman–Crippen MR) is 163 cm³/mol. The fourth-order valence-corrected chi connectivity index (χ4v) is 5.91. The van der Waals surface area contributed by atoms with Crippen LogP contribution in [0.3, 0.4) is 0 Å². The van der Waals surface area contributed by atoms with E-state index in [-0.39, 0.29) is 34.0 Å². The van der Waals surface area contributed by atoms with Gasteiger partial charge in [-0.15, -0.1) is 0 Å². The van der Waals surface area contributed by atoms with Gasteiger partial charge in [0.1, 0.15) is 18.3 Å². The molecule has 3 rings (SSSR count). The number of nitrogens with zero attached hydrogens (tertiary/aromatic N) is 2. The first-order chi connectivity index (χ1) is 19.3. The van der Waals surface area contributed by atoms with E-state index in [1.807, 2.05) is 20.8 Å². The second kappa shape index (κ2) is 14.1. The van der Waals surface area contributed by atoms with E-state index in [9.17, 15) is 18.0 Å². The lowest BCUT2D eigenvalue weighted by atomic mass is 10.1. The van der Waals surface area contributed by atoms with E-state index in [0.717, 1.165) is 9.87 Å². The number of anilines is 1. The highest BCUT2D eigenvalue weighted by molar-refractivity contribution is 7.92. The van der Waals surface area contributed by atoms with Crippen LogP contribution >= 0.6 is 23.2 Å². The van der Waals surface area contributed by atoms with Gasteiger partial charge in [-0.05, 0) is 67.8 Å². The summed E-state index contributed by atoms with van der Waals surface area (Å²) < 4.78 is 34.1. The van der Waals surface area contributed by atoms with Crippen LogP contribution in [-0.2, 0) is 26.2 Å². The number of amides is 2. The summed E-state index contributed by atoms with van der Waals surface area (Å²) in [5, 5.41) is 3.51. The zero-order valence-corrected chi connectivity index (χ0v) is 26.1. The van der Waals surface area contributed by atoms with Gasteiger partial charge >= 0.3 is 0 Å². The molecule has 0 radical (unpaired) electrons.